The Morgan fingerprint density at radius 3 is 2.69 bits per heavy atom. The second kappa shape index (κ2) is 10.1. The summed E-state index contributed by atoms with van der Waals surface area (Å²) in [6, 6.07) is 10.0. The van der Waals surface area contributed by atoms with Gasteiger partial charge >= 0.3 is 0 Å². The molecule has 9 nitrogen and oxygen atoms in total. The number of H-pyrrole nitrogens is 1. The van der Waals surface area contributed by atoms with Gasteiger partial charge in [0, 0.05) is 23.4 Å². The molecule has 0 bridgehead atoms. The van der Waals surface area contributed by atoms with E-state index in [-0.39, 0.29) is 5.69 Å². The lowest BCUT2D eigenvalue weighted by Crippen LogP contribution is -2.28. The summed E-state index contributed by atoms with van der Waals surface area (Å²) < 4.78 is 5.83. The Morgan fingerprint density at radius 2 is 1.94 bits per heavy atom. The summed E-state index contributed by atoms with van der Waals surface area (Å²) >= 11 is 0. The monoisotopic (exact) mass is 434 g/mol. The zero-order chi connectivity index (χ0) is 22.3. The van der Waals surface area contributed by atoms with Gasteiger partial charge in [0.2, 0.25) is 0 Å². The first-order chi connectivity index (χ1) is 15.6. The van der Waals surface area contributed by atoms with Crippen molar-refractivity contribution in [1.82, 2.24) is 20.3 Å². The number of ether oxygens (including phenoxy) is 1. The summed E-state index contributed by atoms with van der Waals surface area (Å²) in [4.78, 5) is 35.4. The fourth-order valence-electron chi connectivity index (χ4n) is 3.67. The largest absolute Gasteiger partial charge is 0.494 e. The summed E-state index contributed by atoms with van der Waals surface area (Å²) in [5.74, 6) is 1.34. The molecule has 1 saturated heterocycles. The van der Waals surface area contributed by atoms with Crippen LogP contribution in [0.3, 0.4) is 0 Å². The number of carbonyl (C=O) groups excluding carboxylic acids is 1. The highest BCUT2D eigenvalue weighted by Gasteiger charge is 2.13. The van der Waals surface area contributed by atoms with Crippen LogP contribution in [0.15, 0.2) is 53.7 Å². The molecule has 1 aliphatic heterocycles. The maximum Gasteiger partial charge on any atom is 0.271 e. The molecule has 4 rings (SSSR count). The molecule has 166 valence electrons. The van der Waals surface area contributed by atoms with Crippen LogP contribution >= 0.6 is 0 Å². The number of pyridine rings is 1. The number of nitrogens with two attached hydrogens (primary N) is 1. The lowest BCUT2D eigenvalue weighted by atomic mass is 9.95. The number of nitrogens with zero attached hydrogens (tertiary/aromatic N) is 2. The molecule has 1 aromatic carbocycles. The molecule has 3 aromatic rings. The third-order valence-corrected chi connectivity index (χ3v) is 5.51. The van der Waals surface area contributed by atoms with Crippen LogP contribution in [-0.4, -0.2) is 40.6 Å². The molecule has 5 N–H and O–H groups in total. The Kier molecular flexibility index (Phi) is 6.76. The molecule has 0 aliphatic carbocycles. The second-order valence-electron chi connectivity index (χ2n) is 7.77. The van der Waals surface area contributed by atoms with E-state index < -0.39 is 11.5 Å². The highest BCUT2D eigenvalue weighted by atomic mass is 16.5. The first-order valence-electron chi connectivity index (χ1n) is 10.6. The molecule has 0 radical (unpaired) electrons. The van der Waals surface area contributed by atoms with Gasteiger partial charge in [0.1, 0.15) is 23.6 Å². The van der Waals surface area contributed by atoms with Crippen molar-refractivity contribution in [2.75, 3.05) is 30.7 Å². The second-order valence-corrected chi connectivity index (χ2v) is 7.77. The predicted molar refractivity (Wildman–Crippen MR) is 123 cm³/mol. The van der Waals surface area contributed by atoms with Gasteiger partial charge in [-0.25, -0.2) is 9.97 Å². The third kappa shape index (κ3) is 5.50. The highest BCUT2D eigenvalue weighted by molar-refractivity contribution is 6.04. The van der Waals surface area contributed by atoms with Crippen LogP contribution in [-0.2, 0) is 0 Å². The molecule has 3 heterocycles. The number of hydrogen-bond acceptors (Lipinski definition) is 7. The number of carbonyl (C=O) groups is 1. The number of nitrogens with one attached hydrogen (secondary N) is 3. The molecular formula is C23H26N6O3. The first kappa shape index (κ1) is 21.5. The van der Waals surface area contributed by atoms with Gasteiger partial charge in [0.25, 0.3) is 11.5 Å². The SMILES string of the molecule is Nc1cc(-c2c[nH]c(=O)c(NC(=O)c3ccc(OCCC4CCNCC4)cc3)c2)ncn1. The van der Waals surface area contributed by atoms with E-state index in [0.717, 1.165) is 25.3 Å². The number of benzene rings is 1. The summed E-state index contributed by atoms with van der Waals surface area (Å²) in [5, 5.41) is 6.02. The van der Waals surface area contributed by atoms with E-state index in [9.17, 15) is 9.59 Å². The zero-order valence-corrected chi connectivity index (χ0v) is 17.6. The predicted octanol–water partition coefficient (Wildman–Crippen LogP) is 2.43. The smallest absolute Gasteiger partial charge is 0.271 e. The summed E-state index contributed by atoms with van der Waals surface area (Å²) in [7, 11) is 0. The van der Waals surface area contributed by atoms with Crippen molar-refractivity contribution in [3.63, 3.8) is 0 Å². The van der Waals surface area contributed by atoms with Crippen LogP contribution < -0.4 is 26.7 Å². The van der Waals surface area contributed by atoms with Crippen LogP contribution in [0.4, 0.5) is 11.5 Å². The highest BCUT2D eigenvalue weighted by Crippen LogP contribution is 2.20. The fourth-order valence-corrected chi connectivity index (χ4v) is 3.67. The van der Waals surface area contributed by atoms with Crippen molar-refractivity contribution >= 4 is 17.4 Å². The van der Waals surface area contributed by atoms with Gasteiger partial charge in [-0.05, 0) is 68.6 Å². The van der Waals surface area contributed by atoms with Gasteiger partial charge < -0.3 is 26.1 Å². The topological polar surface area (TPSA) is 135 Å². The van der Waals surface area contributed by atoms with E-state index in [2.05, 4.69) is 25.6 Å². The van der Waals surface area contributed by atoms with Crippen molar-refractivity contribution < 1.29 is 9.53 Å². The summed E-state index contributed by atoms with van der Waals surface area (Å²) in [6.45, 7) is 2.81. The Morgan fingerprint density at radius 1 is 1.16 bits per heavy atom. The fraction of sp³-hybridized carbons (Fsp3) is 0.304. The normalized spacial score (nSPS) is 14.1. The Bertz CT molecular complexity index is 1120. The van der Waals surface area contributed by atoms with E-state index in [1.165, 1.54) is 25.4 Å². The summed E-state index contributed by atoms with van der Waals surface area (Å²) in [5.41, 5.74) is 6.96. The standard InChI is InChI=1S/C23H26N6O3/c24-21-12-19(27-14-28-21)17-11-20(23(31)26-13-17)29-22(30)16-1-3-18(4-2-16)32-10-7-15-5-8-25-9-6-15/h1-4,11-15,25H,5-10H2,(H,26,31)(H,29,30)(H2,24,27,28). The molecule has 0 spiro atoms. The van der Waals surface area contributed by atoms with Gasteiger partial charge in [-0.1, -0.05) is 0 Å². The minimum absolute atomic E-state index is 0.118. The van der Waals surface area contributed by atoms with Crippen molar-refractivity contribution in [2.24, 2.45) is 5.92 Å². The molecule has 9 heteroatoms. The van der Waals surface area contributed by atoms with Crippen LogP contribution in [0.5, 0.6) is 5.75 Å². The minimum atomic E-state index is -0.415. The average molecular weight is 435 g/mol. The first-order valence-corrected chi connectivity index (χ1v) is 10.6. The van der Waals surface area contributed by atoms with Gasteiger partial charge in [-0.15, -0.1) is 0 Å². The average Bonchev–Trinajstić information content (AvgIpc) is 2.81. The van der Waals surface area contributed by atoms with Crippen molar-refractivity contribution in [2.45, 2.75) is 19.3 Å². The van der Waals surface area contributed by atoms with Crippen molar-refractivity contribution in [1.29, 1.82) is 0 Å². The maximum atomic E-state index is 12.6. The van der Waals surface area contributed by atoms with Gasteiger partial charge in [-0.2, -0.15) is 0 Å². The number of aromatic nitrogens is 3. The molecule has 1 fully saturated rings. The number of anilines is 2. The molecule has 0 atom stereocenters. The van der Waals surface area contributed by atoms with E-state index in [1.807, 2.05) is 0 Å². The Balaban J connectivity index is 1.37. The summed E-state index contributed by atoms with van der Waals surface area (Å²) in [6.07, 6.45) is 6.25. The molecule has 0 unspecified atom stereocenters. The number of hydrogen-bond donors (Lipinski definition) is 4. The van der Waals surface area contributed by atoms with E-state index >= 15 is 0 Å². The number of amides is 1. The molecule has 0 saturated carbocycles. The van der Waals surface area contributed by atoms with E-state index in [1.54, 1.807) is 36.4 Å². The number of piperidine rings is 1. The van der Waals surface area contributed by atoms with Crippen LogP contribution in [0, 0.1) is 5.92 Å². The van der Waals surface area contributed by atoms with Crippen molar-refractivity contribution in [3.05, 3.63) is 64.8 Å². The minimum Gasteiger partial charge on any atom is -0.494 e. The van der Waals surface area contributed by atoms with Crippen molar-refractivity contribution in [3.8, 4) is 17.0 Å². The Labute approximate surface area is 185 Å². The van der Waals surface area contributed by atoms with Gasteiger partial charge in [0.05, 0.1) is 12.3 Å². The number of rotatable bonds is 7. The molecule has 32 heavy (non-hydrogen) atoms. The number of aromatic amines is 1. The van der Waals surface area contributed by atoms with Crippen LogP contribution in [0.25, 0.3) is 11.3 Å². The number of nitrogen functional groups attached to an aromatic ring is 1. The van der Waals surface area contributed by atoms with E-state index in [0.29, 0.717) is 35.2 Å². The van der Waals surface area contributed by atoms with Gasteiger partial charge in [-0.3, -0.25) is 9.59 Å². The van der Waals surface area contributed by atoms with Crippen LogP contribution in [0.1, 0.15) is 29.6 Å². The molecule has 2 aromatic heterocycles. The quantitative estimate of drug-likeness (QED) is 0.448. The molecule has 1 aliphatic rings. The Hall–Kier alpha value is -3.72. The zero-order valence-electron chi connectivity index (χ0n) is 17.6. The maximum absolute atomic E-state index is 12.6. The molecular weight excluding hydrogens is 408 g/mol. The molecule has 1 amide bonds. The van der Waals surface area contributed by atoms with Crippen LogP contribution in [0.2, 0.25) is 0 Å². The lowest BCUT2D eigenvalue weighted by molar-refractivity contribution is 0.102. The third-order valence-electron chi connectivity index (χ3n) is 5.51. The lowest BCUT2D eigenvalue weighted by Gasteiger charge is -2.22. The van der Waals surface area contributed by atoms with E-state index in [4.69, 9.17) is 10.5 Å². The van der Waals surface area contributed by atoms with Gasteiger partial charge in [0.15, 0.2) is 0 Å².